The van der Waals surface area contributed by atoms with Crippen LogP contribution in [-0.4, -0.2) is 10.5 Å². The third kappa shape index (κ3) is 5.90. The van der Waals surface area contributed by atoms with Gasteiger partial charge in [0.05, 0.1) is 0 Å². The molecule has 3 heteroatoms. The molecular formula is C18H20OS2. The highest BCUT2D eigenvalue weighted by Gasteiger charge is 2.13. The smallest absolute Gasteiger partial charge is 0.225 e. The van der Waals surface area contributed by atoms with Crippen LogP contribution in [0.25, 0.3) is 0 Å². The molecule has 1 nitrogen and oxygen atoms in total. The molecule has 2 aromatic carbocycles. The standard InChI is InChI=1S/C18H20OS2/c1-2-9-16(14-15-10-5-3-6-11-15)19-18(20)21-17-12-7-4-8-13-17/h3-8,10-13,16H,2,9,14H2,1H3. The van der Waals surface area contributed by atoms with Gasteiger partial charge in [-0.3, -0.25) is 0 Å². The molecule has 0 saturated heterocycles. The lowest BCUT2D eigenvalue weighted by Crippen LogP contribution is -2.18. The molecule has 1 unspecified atom stereocenters. The Morgan fingerprint density at radius 1 is 1.05 bits per heavy atom. The van der Waals surface area contributed by atoms with Crippen molar-refractivity contribution in [2.75, 3.05) is 0 Å². The largest absolute Gasteiger partial charge is 0.475 e. The van der Waals surface area contributed by atoms with Crippen LogP contribution in [-0.2, 0) is 11.2 Å². The number of hydrogen-bond acceptors (Lipinski definition) is 3. The van der Waals surface area contributed by atoms with Crippen LogP contribution in [0.1, 0.15) is 25.3 Å². The van der Waals surface area contributed by atoms with Crippen LogP contribution >= 0.6 is 24.0 Å². The summed E-state index contributed by atoms with van der Waals surface area (Å²) in [7, 11) is 0. The molecule has 0 spiro atoms. The molecule has 110 valence electrons. The fourth-order valence-electron chi connectivity index (χ4n) is 2.15. The van der Waals surface area contributed by atoms with Crippen molar-refractivity contribution in [1.82, 2.24) is 0 Å². The van der Waals surface area contributed by atoms with Gasteiger partial charge in [0.2, 0.25) is 4.38 Å². The predicted octanol–water partition coefficient (Wildman–Crippen LogP) is 5.49. The van der Waals surface area contributed by atoms with Gasteiger partial charge in [-0.15, -0.1) is 0 Å². The summed E-state index contributed by atoms with van der Waals surface area (Å²) in [5.74, 6) is 0. The van der Waals surface area contributed by atoms with Crippen molar-refractivity contribution in [2.45, 2.75) is 37.2 Å². The normalized spacial score (nSPS) is 11.9. The second kappa shape index (κ2) is 8.85. The lowest BCUT2D eigenvalue weighted by Gasteiger charge is -2.18. The summed E-state index contributed by atoms with van der Waals surface area (Å²) >= 11 is 6.90. The molecule has 0 saturated carbocycles. The maximum Gasteiger partial charge on any atom is 0.225 e. The monoisotopic (exact) mass is 316 g/mol. The zero-order chi connectivity index (χ0) is 14.9. The lowest BCUT2D eigenvalue weighted by molar-refractivity contribution is 0.189. The molecule has 0 aliphatic rings. The van der Waals surface area contributed by atoms with Crippen LogP contribution in [0.15, 0.2) is 65.6 Å². The number of hydrogen-bond donors (Lipinski definition) is 0. The van der Waals surface area contributed by atoms with Crippen molar-refractivity contribution >= 4 is 28.4 Å². The van der Waals surface area contributed by atoms with Gasteiger partial charge < -0.3 is 4.74 Å². The van der Waals surface area contributed by atoms with Crippen molar-refractivity contribution in [3.63, 3.8) is 0 Å². The number of rotatable bonds is 6. The second-order valence-corrected chi connectivity index (χ2v) is 6.56. The molecule has 0 radical (unpaired) electrons. The highest BCUT2D eigenvalue weighted by molar-refractivity contribution is 8.22. The summed E-state index contributed by atoms with van der Waals surface area (Å²) in [6.07, 6.45) is 3.17. The number of benzene rings is 2. The summed E-state index contributed by atoms with van der Waals surface area (Å²) in [6.45, 7) is 2.18. The molecule has 0 bridgehead atoms. The van der Waals surface area contributed by atoms with Crippen molar-refractivity contribution < 1.29 is 4.74 Å². The minimum absolute atomic E-state index is 0.154. The third-order valence-electron chi connectivity index (χ3n) is 3.12. The van der Waals surface area contributed by atoms with Gasteiger partial charge in [0.15, 0.2) is 0 Å². The molecule has 0 fully saturated rings. The first-order chi connectivity index (χ1) is 10.3. The Bertz CT molecular complexity index is 540. The Labute approximate surface area is 136 Å². The molecule has 0 amide bonds. The highest BCUT2D eigenvalue weighted by atomic mass is 32.2. The van der Waals surface area contributed by atoms with E-state index in [-0.39, 0.29) is 6.10 Å². The summed E-state index contributed by atoms with van der Waals surface area (Å²) in [4.78, 5) is 1.12. The molecule has 0 aliphatic carbocycles. The van der Waals surface area contributed by atoms with Crippen molar-refractivity contribution in [3.05, 3.63) is 66.2 Å². The molecule has 2 rings (SSSR count). The average molecular weight is 316 g/mol. The fourth-order valence-corrected chi connectivity index (χ4v) is 3.24. The maximum atomic E-state index is 5.99. The number of thiocarbonyl (C=S) groups is 1. The molecule has 0 aliphatic heterocycles. The molecule has 1 atom stereocenters. The summed E-state index contributed by atoms with van der Waals surface area (Å²) in [5, 5.41) is 0. The van der Waals surface area contributed by atoms with Gasteiger partial charge in [-0.1, -0.05) is 61.9 Å². The molecule has 0 heterocycles. The number of ether oxygens (including phenoxy) is 1. The first-order valence-electron chi connectivity index (χ1n) is 7.25. The average Bonchev–Trinajstić information content (AvgIpc) is 2.49. The minimum atomic E-state index is 0.154. The molecule has 0 aromatic heterocycles. The van der Waals surface area contributed by atoms with Crippen LogP contribution in [0.5, 0.6) is 0 Å². The van der Waals surface area contributed by atoms with Crippen LogP contribution < -0.4 is 0 Å². The molecule has 0 N–H and O–H groups in total. The van der Waals surface area contributed by atoms with Crippen LogP contribution in [0.3, 0.4) is 0 Å². The van der Waals surface area contributed by atoms with Crippen LogP contribution in [0, 0.1) is 0 Å². The van der Waals surface area contributed by atoms with E-state index in [0.29, 0.717) is 4.38 Å². The SMILES string of the molecule is CCCC(Cc1ccccc1)OC(=S)Sc1ccccc1. The minimum Gasteiger partial charge on any atom is -0.475 e. The number of thioether (sulfide) groups is 1. The Kier molecular flexibility index (Phi) is 6.77. The van der Waals surface area contributed by atoms with Crippen molar-refractivity contribution in [1.29, 1.82) is 0 Å². The van der Waals surface area contributed by atoms with Gasteiger partial charge in [-0.25, -0.2) is 0 Å². The Morgan fingerprint density at radius 3 is 2.29 bits per heavy atom. The Morgan fingerprint density at radius 2 is 1.67 bits per heavy atom. The van der Waals surface area contributed by atoms with E-state index in [1.165, 1.54) is 17.3 Å². The van der Waals surface area contributed by atoms with Gasteiger partial charge in [-0.2, -0.15) is 0 Å². The van der Waals surface area contributed by atoms with E-state index in [2.05, 4.69) is 31.2 Å². The predicted molar refractivity (Wildman–Crippen MR) is 94.8 cm³/mol. The van der Waals surface area contributed by atoms with E-state index in [0.717, 1.165) is 24.2 Å². The first-order valence-corrected chi connectivity index (χ1v) is 8.48. The molecule has 21 heavy (non-hydrogen) atoms. The quantitative estimate of drug-likeness (QED) is 0.515. The summed E-state index contributed by atoms with van der Waals surface area (Å²) < 4.78 is 6.60. The second-order valence-electron chi connectivity index (χ2n) is 4.88. The highest BCUT2D eigenvalue weighted by Crippen LogP contribution is 2.22. The van der Waals surface area contributed by atoms with Gasteiger partial charge in [-0.05, 0) is 48.1 Å². The lowest BCUT2D eigenvalue weighted by atomic mass is 10.0. The maximum absolute atomic E-state index is 5.99. The fraction of sp³-hybridized carbons (Fsp3) is 0.278. The van der Waals surface area contributed by atoms with Gasteiger partial charge >= 0.3 is 0 Å². The van der Waals surface area contributed by atoms with Crippen molar-refractivity contribution in [3.8, 4) is 0 Å². The van der Waals surface area contributed by atoms with E-state index in [9.17, 15) is 0 Å². The van der Waals surface area contributed by atoms with Crippen LogP contribution in [0.4, 0.5) is 0 Å². The topological polar surface area (TPSA) is 9.23 Å². The van der Waals surface area contributed by atoms with E-state index >= 15 is 0 Å². The van der Waals surface area contributed by atoms with E-state index in [1.807, 2.05) is 36.4 Å². The Balaban J connectivity index is 1.91. The Hall–Kier alpha value is -1.32. The van der Waals surface area contributed by atoms with Gasteiger partial charge in [0, 0.05) is 11.3 Å². The van der Waals surface area contributed by atoms with E-state index < -0.39 is 0 Å². The first kappa shape index (κ1) is 16.1. The van der Waals surface area contributed by atoms with E-state index in [4.69, 9.17) is 17.0 Å². The van der Waals surface area contributed by atoms with Crippen LogP contribution in [0.2, 0.25) is 0 Å². The van der Waals surface area contributed by atoms with Gasteiger partial charge in [0.1, 0.15) is 6.10 Å². The zero-order valence-electron chi connectivity index (χ0n) is 12.2. The van der Waals surface area contributed by atoms with Gasteiger partial charge in [0.25, 0.3) is 0 Å². The third-order valence-corrected chi connectivity index (χ3v) is 4.24. The van der Waals surface area contributed by atoms with Crippen molar-refractivity contribution in [2.24, 2.45) is 0 Å². The summed E-state index contributed by atoms with van der Waals surface area (Å²) in [6, 6.07) is 20.6. The summed E-state index contributed by atoms with van der Waals surface area (Å²) in [5.41, 5.74) is 1.29. The zero-order valence-corrected chi connectivity index (χ0v) is 13.8. The molecular weight excluding hydrogens is 296 g/mol. The molecule has 2 aromatic rings. The van der Waals surface area contributed by atoms with E-state index in [1.54, 1.807) is 0 Å².